The van der Waals surface area contributed by atoms with Crippen molar-refractivity contribution in [3.63, 3.8) is 0 Å². The van der Waals surface area contributed by atoms with Gasteiger partial charge in [-0.05, 0) is 65.4 Å². The lowest BCUT2D eigenvalue weighted by atomic mass is 10.1. The Morgan fingerprint density at radius 2 is 1.90 bits per heavy atom. The SMILES string of the molecule is CC(C)CNCc1cc(F)ccc1Oc1ccccc1I. The summed E-state index contributed by atoms with van der Waals surface area (Å²) >= 11 is 2.23. The Hall–Kier alpha value is -1.14. The molecule has 1 N–H and O–H groups in total. The highest BCUT2D eigenvalue weighted by atomic mass is 127. The molecule has 21 heavy (non-hydrogen) atoms. The molecule has 0 heterocycles. The fourth-order valence-corrected chi connectivity index (χ4v) is 2.42. The number of benzene rings is 2. The predicted molar refractivity (Wildman–Crippen MR) is 92.2 cm³/mol. The van der Waals surface area contributed by atoms with Gasteiger partial charge in [0.1, 0.15) is 17.3 Å². The molecule has 0 bridgehead atoms. The minimum Gasteiger partial charge on any atom is -0.456 e. The summed E-state index contributed by atoms with van der Waals surface area (Å²) in [6.45, 7) is 5.76. The summed E-state index contributed by atoms with van der Waals surface area (Å²) in [5.41, 5.74) is 0.829. The van der Waals surface area contributed by atoms with Crippen molar-refractivity contribution in [1.82, 2.24) is 5.32 Å². The van der Waals surface area contributed by atoms with E-state index < -0.39 is 0 Å². The number of halogens is 2. The summed E-state index contributed by atoms with van der Waals surface area (Å²) < 4.78 is 20.4. The third-order valence-corrected chi connectivity index (χ3v) is 3.84. The van der Waals surface area contributed by atoms with Gasteiger partial charge in [0.05, 0.1) is 3.57 Å². The Bertz CT molecular complexity index is 601. The molecule has 0 aliphatic carbocycles. The quantitative estimate of drug-likeness (QED) is 0.693. The zero-order chi connectivity index (χ0) is 15.2. The van der Waals surface area contributed by atoms with Gasteiger partial charge in [-0.15, -0.1) is 0 Å². The molecular formula is C17H19FINO. The van der Waals surface area contributed by atoms with Crippen molar-refractivity contribution in [1.29, 1.82) is 0 Å². The van der Waals surface area contributed by atoms with Gasteiger partial charge in [0, 0.05) is 12.1 Å². The first-order valence-corrected chi connectivity index (χ1v) is 8.05. The van der Waals surface area contributed by atoms with Gasteiger partial charge in [0.2, 0.25) is 0 Å². The van der Waals surface area contributed by atoms with E-state index in [1.165, 1.54) is 12.1 Å². The molecule has 2 rings (SSSR count). The molecule has 0 saturated carbocycles. The van der Waals surface area contributed by atoms with Crippen molar-refractivity contribution in [2.45, 2.75) is 20.4 Å². The fraction of sp³-hybridized carbons (Fsp3) is 0.294. The van der Waals surface area contributed by atoms with Crippen LogP contribution in [0, 0.1) is 15.3 Å². The largest absolute Gasteiger partial charge is 0.456 e. The molecule has 0 spiro atoms. The lowest BCUT2D eigenvalue weighted by Gasteiger charge is -2.14. The van der Waals surface area contributed by atoms with Crippen LogP contribution in [0.1, 0.15) is 19.4 Å². The van der Waals surface area contributed by atoms with E-state index in [1.54, 1.807) is 6.07 Å². The first kappa shape index (κ1) is 16.2. The average Bonchev–Trinajstić information content (AvgIpc) is 2.43. The molecule has 0 unspecified atom stereocenters. The molecule has 0 aromatic heterocycles. The number of nitrogens with one attached hydrogen (secondary N) is 1. The van der Waals surface area contributed by atoms with Gasteiger partial charge in [-0.2, -0.15) is 0 Å². The second-order valence-electron chi connectivity index (χ2n) is 5.31. The minimum atomic E-state index is -0.244. The second kappa shape index (κ2) is 7.75. The second-order valence-corrected chi connectivity index (χ2v) is 6.47. The van der Waals surface area contributed by atoms with Crippen LogP contribution in [0.3, 0.4) is 0 Å². The Morgan fingerprint density at radius 3 is 2.62 bits per heavy atom. The Morgan fingerprint density at radius 1 is 1.14 bits per heavy atom. The standard InChI is InChI=1S/C17H19FINO/c1-12(2)10-20-11-13-9-14(18)7-8-16(13)21-17-6-4-3-5-15(17)19/h3-9,12,20H,10-11H2,1-2H3. The van der Waals surface area contributed by atoms with E-state index in [9.17, 15) is 4.39 Å². The van der Waals surface area contributed by atoms with E-state index in [2.05, 4.69) is 41.8 Å². The monoisotopic (exact) mass is 399 g/mol. The van der Waals surface area contributed by atoms with E-state index >= 15 is 0 Å². The first-order chi connectivity index (χ1) is 10.1. The third-order valence-electron chi connectivity index (χ3n) is 2.95. The molecule has 2 nitrogen and oxygen atoms in total. The molecule has 4 heteroatoms. The highest BCUT2D eigenvalue weighted by Crippen LogP contribution is 2.29. The van der Waals surface area contributed by atoms with Crippen molar-refractivity contribution in [2.75, 3.05) is 6.54 Å². The summed E-state index contributed by atoms with van der Waals surface area (Å²) in [7, 11) is 0. The molecule has 0 amide bonds. The van der Waals surface area contributed by atoms with Crippen LogP contribution in [0.25, 0.3) is 0 Å². The number of ether oxygens (including phenoxy) is 1. The number of para-hydroxylation sites is 1. The van der Waals surface area contributed by atoms with Crippen LogP contribution < -0.4 is 10.1 Å². The lowest BCUT2D eigenvalue weighted by molar-refractivity contribution is 0.463. The first-order valence-electron chi connectivity index (χ1n) is 6.98. The fourth-order valence-electron chi connectivity index (χ4n) is 1.93. The molecule has 2 aromatic carbocycles. The van der Waals surface area contributed by atoms with Crippen LogP contribution >= 0.6 is 22.6 Å². The van der Waals surface area contributed by atoms with E-state index in [1.807, 2.05) is 24.3 Å². The molecule has 112 valence electrons. The number of rotatable bonds is 6. The van der Waals surface area contributed by atoms with Crippen molar-refractivity contribution in [2.24, 2.45) is 5.92 Å². The molecule has 0 saturated heterocycles. The van der Waals surface area contributed by atoms with Crippen molar-refractivity contribution >= 4 is 22.6 Å². The van der Waals surface area contributed by atoms with Crippen LogP contribution in [0.15, 0.2) is 42.5 Å². The number of hydrogen-bond acceptors (Lipinski definition) is 2. The summed E-state index contributed by atoms with van der Waals surface area (Å²) in [5, 5.41) is 3.32. The smallest absolute Gasteiger partial charge is 0.140 e. The van der Waals surface area contributed by atoms with E-state index in [4.69, 9.17) is 4.74 Å². The zero-order valence-electron chi connectivity index (χ0n) is 12.2. The molecule has 0 radical (unpaired) electrons. The molecular weight excluding hydrogens is 380 g/mol. The Balaban J connectivity index is 2.16. The molecule has 0 aliphatic rings. The van der Waals surface area contributed by atoms with E-state index in [0.29, 0.717) is 18.2 Å². The molecule has 0 aliphatic heterocycles. The maximum Gasteiger partial charge on any atom is 0.140 e. The van der Waals surface area contributed by atoms with Crippen LogP contribution in [0.2, 0.25) is 0 Å². The average molecular weight is 399 g/mol. The normalized spacial score (nSPS) is 10.9. The Kier molecular flexibility index (Phi) is 5.99. The van der Waals surface area contributed by atoms with Crippen molar-refractivity contribution in [3.8, 4) is 11.5 Å². The van der Waals surface area contributed by atoms with Crippen LogP contribution in [-0.4, -0.2) is 6.54 Å². The van der Waals surface area contributed by atoms with Gasteiger partial charge in [-0.1, -0.05) is 26.0 Å². The van der Waals surface area contributed by atoms with Gasteiger partial charge in [0.15, 0.2) is 0 Å². The maximum absolute atomic E-state index is 13.5. The zero-order valence-corrected chi connectivity index (χ0v) is 14.4. The summed E-state index contributed by atoms with van der Waals surface area (Å²) in [4.78, 5) is 0. The molecule has 0 atom stereocenters. The van der Waals surface area contributed by atoms with Gasteiger partial charge in [-0.3, -0.25) is 0 Å². The van der Waals surface area contributed by atoms with Gasteiger partial charge >= 0.3 is 0 Å². The highest BCUT2D eigenvalue weighted by Gasteiger charge is 2.08. The van der Waals surface area contributed by atoms with Crippen LogP contribution in [0.5, 0.6) is 11.5 Å². The summed E-state index contributed by atoms with van der Waals surface area (Å²) in [6, 6.07) is 12.4. The van der Waals surface area contributed by atoms with Gasteiger partial charge < -0.3 is 10.1 Å². The van der Waals surface area contributed by atoms with Crippen LogP contribution in [-0.2, 0) is 6.54 Å². The lowest BCUT2D eigenvalue weighted by Crippen LogP contribution is -2.19. The van der Waals surface area contributed by atoms with Gasteiger partial charge in [0.25, 0.3) is 0 Å². The topological polar surface area (TPSA) is 21.3 Å². The number of hydrogen-bond donors (Lipinski definition) is 1. The van der Waals surface area contributed by atoms with Crippen LogP contribution in [0.4, 0.5) is 4.39 Å². The maximum atomic E-state index is 13.5. The van der Waals surface area contributed by atoms with Crippen molar-refractivity contribution in [3.05, 3.63) is 57.4 Å². The predicted octanol–water partition coefficient (Wildman–Crippen LogP) is 4.97. The van der Waals surface area contributed by atoms with E-state index in [0.717, 1.165) is 21.4 Å². The minimum absolute atomic E-state index is 0.244. The Labute approximate surface area is 138 Å². The third kappa shape index (κ3) is 4.97. The highest BCUT2D eigenvalue weighted by molar-refractivity contribution is 14.1. The van der Waals surface area contributed by atoms with Gasteiger partial charge in [-0.25, -0.2) is 4.39 Å². The molecule has 2 aromatic rings. The van der Waals surface area contributed by atoms with E-state index in [-0.39, 0.29) is 5.82 Å². The van der Waals surface area contributed by atoms with Crippen molar-refractivity contribution < 1.29 is 9.13 Å². The summed E-state index contributed by atoms with van der Waals surface area (Å²) in [6.07, 6.45) is 0. The summed E-state index contributed by atoms with van der Waals surface area (Å²) in [5.74, 6) is 1.79. The molecule has 0 fully saturated rings.